The molecule has 0 saturated heterocycles. The smallest absolute Gasteiger partial charge is 0.217 e. The molecule has 1 aliphatic rings. The minimum Gasteiger partial charge on any atom is -0.494 e. The summed E-state index contributed by atoms with van der Waals surface area (Å²) in [6.07, 6.45) is 0. The molecular formula is C21H21Cl2N3O3S. The van der Waals surface area contributed by atoms with E-state index in [-0.39, 0.29) is 13.1 Å². The number of ether oxygens (including phenoxy) is 1. The minimum absolute atomic E-state index is 0.235. The molecule has 0 fully saturated rings. The molecule has 158 valence electrons. The predicted molar refractivity (Wildman–Crippen MR) is 119 cm³/mol. The molecule has 2 aromatic carbocycles. The lowest BCUT2D eigenvalue weighted by atomic mass is 10.1. The molecule has 0 aliphatic carbocycles. The van der Waals surface area contributed by atoms with Crippen LogP contribution in [0.2, 0.25) is 10.0 Å². The molecular weight excluding hydrogens is 445 g/mol. The second kappa shape index (κ2) is 7.89. The van der Waals surface area contributed by atoms with Gasteiger partial charge in [0.25, 0.3) is 0 Å². The molecule has 0 atom stereocenters. The fourth-order valence-electron chi connectivity index (χ4n) is 3.57. The Morgan fingerprint density at radius 3 is 2.33 bits per heavy atom. The molecule has 9 heteroatoms. The van der Waals surface area contributed by atoms with Crippen LogP contribution in [0.3, 0.4) is 0 Å². The van der Waals surface area contributed by atoms with Crippen molar-refractivity contribution in [3.63, 3.8) is 0 Å². The minimum atomic E-state index is -3.39. The second-order valence-corrected chi connectivity index (χ2v) is 10.7. The number of hydrogen-bond donors (Lipinski definition) is 0. The van der Waals surface area contributed by atoms with E-state index in [0.29, 0.717) is 15.8 Å². The standard InChI is InChI=1S/C21H21Cl2N3O3S/c1-13(2)30(27,28)25-11-17-18(12-25)24-26(19-9-8-16(23)10-20(19)29-3)21(17)14-4-6-15(22)7-5-14/h4-10,13H,11-12H2,1-3H3. The predicted octanol–water partition coefficient (Wildman–Crippen LogP) is 4.91. The molecule has 1 aromatic heterocycles. The Labute approximate surface area is 186 Å². The third-order valence-corrected chi connectivity index (χ3v) is 7.83. The second-order valence-electron chi connectivity index (χ2n) is 7.37. The van der Waals surface area contributed by atoms with E-state index in [4.69, 9.17) is 33.0 Å². The first-order valence-electron chi connectivity index (χ1n) is 9.42. The van der Waals surface area contributed by atoms with E-state index in [9.17, 15) is 8.42 Å². The van der Waals surface area contributed by atoms with Crippen LogP contribution < -0.4 is 4.74 Å². The largest absolute Gasteiger partial charge is 0.494 e. The molecule has 0 spiro atoms. The van der Waals surface area contributed by atoms with E-state index in [1.165, 1.54) is 4.31 Å². The maximum atomic E-state index is 12.7. The van der Waals surface area contributed by atoms with Crippen molar-refractivity contribution in [3.8, 4) is 22.7 Å². The van der Waals surface area contributed by atoms with Crippen LogP contribution in [-0.2, 0) is 23.1 Å². The van der Waals surface area contributed by atoms with E-state index in [1.54, 1.807) is 49.9 Å². The normalized spacial score (nSPS) is 14.3. The molecule has 0 amide bonds. The summed E-state index contributed by atoms with van der Waals surface area (Å²) in [4.78, 5) is 0. The van der Waals surface area contributed by atoms with Crippen LogP contribution in [0.1, 0.15) is 25.1 Å². The zero-order chi connectivity index (χ0) is 21.6. The number of hydrogen-bond acceptors (Lipinski definition) is 4. The Kier molecular flexibility index (Phi) is 5.57. The summed E-state index contributed by atoms with van der Waals surface area (Å²) in [5, 5.41) is 5.45. The van der Waals surface area contributed by atoms with Crippen LogP contribution in [0.4, 0.5) is 0 Å². The van der Waals surface area contributed by atoms with Crippen molar-refractivity contribution < 1.29 is 13.2 Å². The fraction of sp³-hybridized carbons (Fsp3) is 0.286. The fourth-order valence-corrected chi connectivity index (χ4v) is 5.07. The topological polar surface area (TPSA) is 64.4 Å². The van der Waals surface area contributed by atoms with Crippen molar-refractivity contribution in [2.45, 2.75) is 32.2 Å². The lowest BCUT2D eigenvalue weighted by Crippen LogP contribution is -2.32. The van der Waals surface area contributed by atoms with E-state index >= 15 is 0 Å². The van der Waals surface area contributed by atoms with E-state index < -0.39 is 15.3 Å². The molecule has 0 N–H and O–H groups in total. The van der Waals surface area contributed by atoms with E-state index in [1.807, 2.05) is 18.2 Å². The summed E-state index contributed by atoms with van der Waals surface area (Å²) >= 11 is 12.2. The van der Waals surface area contributed by atoms with Crippen LogP contribution in [-0.4, -0.2) is 34.9 Å². The number of benzene rings is 2. The summed E-state index contributed by atoms with van der Waals surface area (Å²) in [6, 6.07) is 12.7. The number of halogens is 2. The van der Waals surface area contributed by atoms with Gasteiger partial charge in [-0.2, -0.15) is 9.40 Å². The van der Waals surface area contributed by atoms with Crippen LogP contribution in [0.5, 0.6) is 5.75 Å². The molecule has 1 aliphatic heterocycles. The molecule has 0 unspecified atom stereocenters. The quantitative estimate of drug-likeness (QED) is 0.536. The lowest BCUT2D eigenvalue weighted by molar-refractivity contribution is 0.409. The van der Waals surface area contributed by atoms with Gasteiger partial charge in [0, 0.05) is 33.8 Å². The zero-order valence-corrected chi connectivity index (χ0v) is 19.1. The highest BCUT2D eigenvalue weighted by Gasteiger charge is 2.36. The number of sulfonamides is 1. The number of nitrogens with zero attached hydrogens (tertiary/aromatic N) is 3. The van der Waals surface area contributed by atoms with Crippen LogP contribution in [0, 0.1) is 0 Å². The molecule has 2 heterocycles. The molecule has 0 saturated carbocycles. The zero-order valence-electron chi connectivity index (χ0n) is 16.8. The van der Waals surface area contributed by atoms with Gasteiger partial charge in [0.2, 0.25) is 10.0 Å². The average Bonchev–Trinajstić information content (AvgIpc) is 3.27. The molecule has 30 heavy (non-hydrogen) atoms. The maximum Gasteiger partial charge on any atom is 0.217 e. The number of rotatable bonds is 5. The van der Waals surface area contributed by atoms with Gasteiger partial charge in [0.1, 0.15) is 11.4 Å². The molecule has 6 nitrogen and oxygen atoms in total. The first-order valence-corrected chi connectivity index (χ1v) is 11.7. The molecule has 3 aromatic rings. The van der Waals surface area contributed by atoms with Crippen LogP contribution >= 0.6 is 23.2 Å². The van der Waals surface area contributed by atoms with Crippen molar-refractivity contribution in [1.29, 1.82) is 0 Å². The molecule has 0 radical (unpaired) electrons. The maximum absolute atomic E-state index is 12.7. The van der Waals surface area contributed by atoms with Crippen molar-refractivity contribution in [1.82, 2.24) is 14.1 Å². The molecule has 4 rings (SSSR count). The van der Waals surface area contributed by atoms with Gasteiger partial charge < -0.3 is 4.74 Å². The van der Waals surface area contributed by atoms with E-state index in [2.05, 4.69) is 0 Å². The van der Waals surface area contributed by atoms with Crippen molar-refractivity contribution in [2.75, 3.05) is 7.11 Å². The highest BCUT2D eigenvalue weighted by Crippen LogP contribution is 2.38. The number of aromatic nitrogens is 2. The van der Waals surface area contributed by atoms with Crippen LogP contribution in [0.25, 0.3) is 16.9 Å². The Balaban J connectivity index is 1.90. The summed E-state index contributed by atoms with van der Waals surface area (Å²) in [7, 11) is -1.82. The third kappa shape index (κ3) is 3.60. The Morgan fingerprint density at radius 1 is 1.03 bits per heavy atom. The lowest BCUT2D eigenvalue weighted by Gasteiger charge is -2.20. The van der Waals surface area contributed by atoms with Crippen molar-refractivity contribution >= 4 is 33.2 Å². The number of methoxy groups -OCH3 is 1. The van der Waals surface area contributed by atoms with Gasteiger partial charge in [-0.25, -0.2) is 13.1 Å². The van der Waals surface area contributed by atoms with Gasteiger partial charge in [0.05, 0.1) is 30.3 Å². The number of fused-ring (bicyclic) bond motifs is 1. The SMILES string of the molecule is COc1cc(Cl)ccc1-n1nc2c(c1-c1ccc(Cl)cc1)CN(S(=O)(=O)C(C)C)C2. The highest BCUT2D eigenvalue weighted by atomic mass is 35.5. The van der Waals surface area contributed by atoms with Gasteiger partial charge in [-0.15, -0.1) is 0 Å². The Morgan fingerprint density at radius 2 is 1.70 bits per heavy atom. The Bertz CT molecular complexity index is 1200. The summed E-state index contributed by atoms with van der Waals surface area (Å²) < 4.78 is 34.3. The van der Waals surface area contributed by atoms with Crippen LogP contribution in [0.15, 0.2) is 42.5 Å². The molecule has 0 bridgehead atoms. The monoisotopic (exact) mass is 465 g/mol. The summed E-state index contributed by atoms with van der Waals surface area (Å²) in [6.45, 7) is 3.87. The van der Waals surface area contributed by atoms with Gasteiger partial charge in [-0.3, -0.25) is 0 Å². The first kappa shape index (κ1) is 21.2. The Hall–Kier alpha value is -2.06. The summed E-state index contributed by atoms with van der Waals surface area (Å²) in [5.41, 5.74) is 4.01. The average molecular weight is 466 g/mol. The summed E-state index contributed by atoms with van der Waals surface area (Å²) in [5.74, 6) is 0.575. The van der Waals surface area contributed by atoms with Crippen molar-refractivity contribution in [3.05, 3.63) is 63.8 Å². The third-order valence-electron chi connectivity index (χ3n) is 5.17. The first-order chi connectivity index (χ1) is 14.2. The van der Waals surface area contributed by atoms with E-state index in [0.717, 1.165) is 28.2 Å². The highest BCUT2D eigenvalue weighted by molar-refractivity contribution is 7.89. The van der Waals surface area contributed by atoms with Gasteiger partial charge in [-0.05, 0) is 38.1 Å². The van der Waals surface area contributed by atoms with Gasteiger partial charge in [-0.1, -0.05) is 35.3 Å². The van der Waals surface area contributed by atoms with Gasteiger partial charge in [0.15, 0.2) is 0 Å². The van der Waals surface area contributed by atoms with Crippen molar-refractivity contribution in [2.24, 2.45) is 0 Å². The van der Waals surface area contributed by atoms with Gasteiger partial charge >= 0.3 is 0 Å².